The number of ketones is 1. The number of methoxy groups -OCH3 is 1. The second-order valence-electron chi connectivity index (χ2n) is 9.64. The van der Waals surface area contributed by atoms with Gasteiger partial charge in [0.05, 0.1) is 13.5 Å². The quantitative estimate of drug-likeness (QED) is 0.238. The number of ether oxygens (including phenoxy) is 2. The minimum Gasteiger partial charge on any atom is -0.508 e. The van der Waals surface area contributed by atoms with Gasteiger partial charge in [0.15, 0.2) is 5.78 Å². The fourth-order valence-corrected chi connectivity index (χ4v) is 3.70. The highest BCUT2D eigenvalue weighted by atomic mass is 16.5. The minimum absolute atomic E-state index is 0.00123. The molecule has 2 unspecified atom stereocenters. The molecule has 0 aliphatic rings. The number of hydrogen-bond donors (Lipinski definition) is 2. The Hall–Kier alpha value is -2.86. The molecule has 6 nitrogen and oxygen atoms in total. The molecule has 194 valence electrons. The van der Waals surface area contributed by atoms with Gasteiger partial charge in [0.25, 0.3) is 0 Å². The maximum atomic E-state index is 12.3. The Morgan fingerprint density at radius 1 is 1.23 bits per heavy atom. The number of carbonyl (C=O) groups excluding carboxylic acids is 2. The summed E-state index contributed by atoms with van der Waals surface area (Å²) < 4.78 is 11.0. The van der Waals surface area contributed by atoms with E-state index in [4.69, 9.17) is 9.47 Å². The number of aliphatic hydroxyl groups is 1. The summed E-state index contributed by atoms with van der Waals surface area (Å²) in [6.45, 7) is 13.5. The lowest BCUT2D eigenvalue weighted by molar-refractivity contribution is -0.139. The maximum absolute atomic E-state index is 12.3. The predicted octanol–water partition coefficient (Wildman–Crippen LogP) is 5.86. The number of aromatic hydroxyl groups is 1. The SMILES string of the molecule is C=CC(C)(CC/C=C(\C)CCCC(C)C(=O)[C@H](O)C=C(C)C)Oc1ccc(O)cc1CC(=O)OC. The Labute approximate surface area is 210 Å². The highest BCUT2D eigenvalue weighted by Gasteiger charge is 2.24. The molecule has 0 aromatic heterocycles. The number of allylic oxidation sites excluding steroid dienone is 3. The van der Waals surface area contributed by atoms with Gasteiger partial charge >= 0.3 is 5.97 Å². The second-order valence-corrected chi connectivity index (χ2v) is 9.64. The first kappa shape index (κ1) is 30.2. The molecule has 0 spiro atoms. The Bertz CT molecular complexity index is 925. The Balaban J connectivity index is 2.65. The fraction of sp³-hybridized carbons (Fsp3) is 0.517. The molecule has 1 aromatic carbocycles. The van der Waals surface area contributed by atoms with Gasteiger partial charge in [-0.05, 0) is 84.1 Å². The van der Waals surface area contributed by atoms with Crippen LogP contribution in [0.4, 0.5) is 0 Å². The van der Waals surface area contributed by atoms with Crippen molar-refractivity contribution in [2.45, 2.75) is 84.8 Å². The highest BCUT2D eigenvalue weighted by molar-refractivity contribution is 5.86. The van der Waals surface area contributed by atoms with Crippen LogP contribution in [0.25, 0.3) is 0 Å². The van der Waals surface area contributed by atoms with Gasteiger partial charge < -0.3 is 19.7 Å². The van der Waals surface area contributed by atoms with E-state index in [2.05, 4.69) is 19.6 Å². The molecule has 0 saturated carbocycles. The number of carbonyl (C=O) groups is 2. The molecule has 0 bridgehead atoms. The summed E-state index contributed by atoms with van der Waals surface area (Å²) in [5.74, 6) is -0.174. The first-order valence-electron chi connectivity index (χ1n) is 12.1. The summed E-state index contributed by atoms with van der Waals surface area (Å²) in [6, 6.07) is 4.67. The van der Waals surface area contributed by atoms with Gasteiger partial charge in [-0.15, -0.1) is 0 Å². The van der Waals surface area contributed by atoms with Crippen molar-refractivity contribution in [2.75, 3.05) is 7.11 Å². The molecule has 0 saturated heterocycles. The average Bonchev–Trinajstić information content (AvgIpc) is 2.79. The van der Waals surface area contributed by atoms with Crippen LogP contribution in [0.3, 0.4) is 0 Å². The standard InChI is InChI=1S/C29H42O6/c1-8-29(6,35-26-15-14-24(30)18-23(26)19-27(32)34-7)16-10-12-21(4)11-9-13-22(5)28(33)25(31)17-20(2)3/h8,12,14-15,17-18,22,25,30-31H,1,9-11,13,16,19H2,2-7H3/b21-12+/t22?,25-,29?/m1/s1. The molecule has 3 atom stereocenters. The lowest BCUT2D eigenvalue weighted by atomic mass is 9.93. The normalized spacial score (nSPS) is 14.9. The lowest BCUT2D eigenvalue weighted by Crippen LogP contribution is -2.30. The summed E-state index contributed by atoms with van der Waals surface area (Å²) in [5, 5.41) is 19.8. The molecule has 1 aromatic rings. The van der Waals surface area contributed by atoms with Crippen LogP contribution < -0.4 is 4.74 Å². The van der Waals surface area contributed by atoms with E-state index in [1.807, 2.05) is 27.7 Å². The molecule has 0 heterocycles. The molecular formula is C29H42O6. The summed E-state index contributed by atoms with van der Waals surface area (Å²) >= 11 is 0. The van der Waals surface area contributed by atoms with Gasteiger partial charge in [-0.3, -0.25) is 9.59 Å². The van der Waals surface area contributed by atoms with Crippen LogP contribution in [0, 0.1) is 5.92 Å². The van der Waals surface area contributed by atoms with Crippen molar-refractivity contribution in [3.63, 3.8) is 0 Å². The number of aliphatic hydroxyl groups excluding tert-OH is 1. The van der Waals surface area contributed by atoms with Crippen LogP contribution in [-0.4, -0.2) is 40.8 Å². The Morgan fingerprint density at radius 2 is 1.91 bits per heavy atom. The molecule has 1 rings (SSSR count). The van der Waals surface area contributed by atoms with Crippen molar-refractivity contribution in [2.24, 2.45) is 5.92 Å². The van der Waals surface area contributed by atoms with E-state index in [9.17, 15) is 19.8 Å². The van der Waals surface area contributed by atoms with Crippen LogP contribution in [0.2, 0.25) is 0 Å². The van der Waals surface area contributed by atoms with Gasteiger partial charge in [-0.1, -0.05) is 36.8 Å². The van der Waals surface area contributed by atoms with Crippen LogP contribution in [0.1, 0.15) is 72.3 Å². The van der Waals surface area contributed by atoms with E-state index in [1.165, 1.54) is 24.8 Å². The van der Waals surface area contributed by atoms with Gasteiger partial charge in [-0.2, -0.15) is 0 Å². The monoisotopic (exact) mass is 486 g/mol. The first-order valence-corrected chi connectivity index (χ1v) is 12.1. The number of Topliss-reactive ketones (excluding diaryl/α,β-unsaturated/α-hetero) is 1. The molecule has 0 aliphatic heterocycles. The van der Waals surface area contributed by atoms with E-state index >= 15 is 0 Å². The van der Waals surface area contributed by atoms with Gasteiger partial charge in [-0.25, -0.2) is 0 Å². The van der Waals surface area contributed by atoms with Crippen molar-refractivity contribution in [3.8, 4) is 11.5 Å². The van der Waals surface area contributed by atoms with E-state index in [0.717, 1.165) is 31.3 Å². The first-order chi connectivity index (χ1) is 16.4. The summed E-state index contributed by atoms with van der Waals surface area (Å²) in [5.41, 5.74) is 2.05. The molecule has 0 radical (unpaired) electrons. The van der Waals surface area contributed by atoms with Crippen molar-refractivity contribution in [1.29, 1.82) is 0 Å². The number of esters is 1. The molecule has 0 amide bonds. The zero-order valence-corrected chi connectivity index (χ0v) is 22.1. The second kappa shape index (κ2) is 14.5. The molecule has 6 heteroatoms. The van der Waals surface area contributed by atoms with Gasteiger partial charge in [0, 0.05) is 11.5 Å². The van der Waals surface area contributed by atoms with Crippen LogP contribution in [-0.2, 0) is 20.7 Å². The molecule has 0 aliphatic carbocycles. The third-order valence-corrected chi connectivity index (χ3v) is 5.99. The predicted molar refractivity (Wildman–Crippen MR) is 140 cm³/mol. The van der Waals surface area contributed by atoms with Crippen LogP contribution in [0.5, 0.6) is 11.5 Å². The zero-order chi connectivity index (χ0) is 26.6. The summed E-state index contributed by atoms with van der Waals surface area (Å²) in [6.07, 6.45) is 8.41. The van der Waals surface area contributed by atoms with E-state index in [-0.39, 0.29) is 23.9 Å². The van der Waals surface area contributed by atoms with E-state index in [1.54, 1.807) is 18.2 Å². The minimum atomic E-state index is -1.02. The van der Waals surface area contributed by atoms with E-state index in [0.29, 0.717) is 17.7 Å². The topological polar surface area (TPSA) is 93.1 Å². The van der Waals surface area contributed by atoms with Crippen molar-refractivity contribution >= 4 is 11.8 Å². The number of phenolic OH excluding ortho intramolecular Hbond substituents is 1. The molecule has 2 N–H and O–H groups in total. The average molecular weight is 487 g/mol. The van der Waals surface area contributed by atoms with Crippen LogP contribution >= 0.6 is 0 Å². The van der Waals surface area contributed by atoms with E-state index < -0.39 is 17.7 Å². The van der Waals surface area contributed by atoms with Crippen LogP contribution in [0.15, 0.2) is 54.2 Å². The molecule has 35 heavy (non-hydrogen) atoms. The van der Waals surface area contributed by atoms with Crippen molar-refractivity contribution in [3.05, 3.63) is 59.7 Å². The van der Waals surface area contributed by atoms with Crippen molar-refractivity contribution < 1.29 is 29.3 Å². The Kier molecular flexibility index (Phi) is 12.5. The molecule has 0 fully saturated rings. The lowest BCUT2D eigenvalue weighted by Gasteiger charge is -2.28. The third-order valence-electron chi connectivity index (χ3n) is 5.99. The summed E-state index contributed by atoms with van der Waals surface area (Å²) in [4.78, 5) is 24.0. The van der Waals surface area contributed by atoms with Crippen molar-refractivity contribution in [1.82, 2.24) is 0 Å². The number of rotatable bonds is 15. The van der Waals surface area contributed by atoms with Gasteiger partial charge in [0.1, 0.15) is 23.2 Å². The molecular weight excluding hydrogens is 444 g/mol. The van der Waals surface area contributed by atoms with Gasteiger partial charge in [0.2, 0.25) is 0 Å². The largest absolute Gasteiger partial charge is 0.508 e. The smallest absolute Gasteiger partial charge is 0.310 e. The number of hydrogen-bond acceptors (Lipinski definition) is 6. The number of benzene rings is 1. The maximum Gasteiger partial charge on any atom is 0.310 e. The Morgan fingerprint density at radius 3 is 2.51 bits per heavy atom. The fourth-order valence-electron chi connectivity index (χ4n) is 3.70. The highest BCUT2D eigenvalue weighted by Crippen LogP contribution is 2.30. The zero-order valence-electron chi connectivity index (χ0n) is 22.1. The summed E-state index contributed by atoms with van der Waals surface area (Å²) in [7, 11) is 1.32. The number of phenols is 1. The third kappa shape index (κ3) is 11.0.